The van der Waals surface area contributed by atoms with Crippen LogP contribution in [0.25, 0.3) is 0 Å². The summed E-state index contributed by atoms with van der Waals surface area (Å²) in [7, 11) is 0. The molecule has 1 aromatic rings. The first-order chi connectivity index (χ1) is 4.79. The van der Waals surface area contributed by atoms with Crippen molar-refractivity contribution in [2.24, 2.45) is 0 Å². The van der Waals surface area contributed by atoms with Gasteiger partial charge in [-0.25, -0.2) is 0 Å². The van der Waals surface area contributed by atoms with Crippen molar-refractivity contribution in [3.8, 4) is 0 Å². The maximum Gasteiger partial charge on any atom is 1.00 e. The third-order valence-electron chi connectivity index (χ3n) is 1.13. The summed E-state index contributed by atoms with van der Waals surface area (Å²) in [6.07, 6.45) is 0. The van der Waals surface area contributed by atoms with Gasteiger partial charge in [0.05, 0.1) is 0 Å². The fourth-order valence-corrected chi connectivity index (χ4v) is 1.17. The Balaban J connectivity index is 0.000001000. The van der Waals surface area contributed by atoms with Crippen LogP contribution in [0.3, 0.4) is 0 Å². The molecule has 11 heavy (non-hydrogen) atoms. The van der Waals surface area contributed by atoms with Crippen molar-refractivity contribution >= 4 is 11.1 Å². The largest absolute Gasteiger partial charge is 1.00 e. The Labute approximate surface area is 83.8 Å². The Kier molecular flexibility index (Phi) is 5.72. The van der Waals surface area contributed by atoms with E-state index in [0.29, 0.717) is 0 Å². The molecule has 0 aromatic heterocycles. The standard InChI is InChI=1S/C7H8O2S.Ag/c8-10(9)6-7-4-2-1-3-5-7;/h1-5H,6H2,(H,8,9);/q;+1/p-1. The van der Waals surface area contributed by atoms with Crippen molar-refractivity contribution < 1.29 is 31.1 Å². The first kappa shape index (κ1) is 11.1. The molecule has 0 aliphatic rings. The van der Waals surface area contributed by atoms with Gasteiger partial charge in [0, 0.05) is 5.75 Å². The predicted octanol–water partition coefficient (Wildman–Crippen LogP) is 1.06. The van der Waals surface area contributed by atoms with Crippen LogP contribution in [-0.4, -0.2) is 8.76 Å². The van der Waals surface area contributed by atoms with Gasteiger partial charge in [0.15, 0.2) is 0 Å². The Morgan fingerprint density at radius 3 is 2.27 bits per heavy atom. The summed E-state index contributed by atoms with van der Waals surface area (Å²) >= 11 is -1.97. The Bertz CT molecular complexity index is 225. The van der Waals surface area contributed by atoms with Crippen LogP contribution in [0.4, 0.5) is 0 Å². The van der Waals surface area contributed by atoms with E-state index in [0.717, 1.165) is 5.56 Å². The fraction of sp³-hybridized carbons (Fsp3) is 0.143. The Morgan fingerprint density at radius 2 is 1.82 bits per heavy atom. The molecule has 0 saturated carbocycles. The van der Waals surface area contributed by atoms with Crippen LogP contribution in [0.15, 0.2) is 30.3 Å². The van der Waals surface area contributed by atoms with E-state index in [1.54, 1.807) is 12.1 Å². The molecule has 0 N–H and O–H groups in total. The Morgan fingerprint density at radius 1 is 1.27 bits per heavy atom. The van der Waals surface area contributed by atoms with Gasteiger partial charge in [-0.3, -0.25) is 4.21 Å². The SMILES string of the molecule is O=S([O-])Cc1ccccc1.[Ag+]. The molecule has 4 heteroatoms. The topological polar surface area (TPSA) is 40.1 Å². The van der Waals surface area contributed by atoms with Crippen LogP contribution < -0.4 is 0 Å². The molecule has 0 aliphatic heterocycles. The van der Waals surface area contributed by atoms with Crippen molar-refractivity contribution in [3.63, 3.8) is 0 Å². The van der Waals surface area contributed by atoms with Gasteiger partial charge in [0.1, 0.15) is 0 Å². The molecule has 0 amide bonds. The van der Waals surface area contributed by atoms with Crippen molar-refractivity contribution in [2.45, 2.75) is 5.75 Å². The zero-order chi connectivity index (χ0) is 7.40. The van der Waals surface area contributed by atoms with Crippen molar-refractivity contribution in [1.82, 2.24) is 0 Å². The van der Waals surface area contributed by atoms with Gasteiger partial charge < -0.3 is 4.55 Å². The second-order valence-corrected chi connectivity index (χ2v) is 2.83. The van der Waals surface area contributed by atoms with Crippen LogP contribution in [0, 0.1) is 0 Å². The molecule has 0 spiro atoms. The number of rotatable bonds is 2. The van der Waals surface area contributed by atoms with Gasteiger partial charge >= 0.3 is 22.4 Å². The summed E-state index contributed by atoms with van der Waals surface area (Å²) in [6, 6.07) is 9.08. The second kappa shape index (κ2) is 5.69. The van der Waals surface area contributed by atoms with Gasteiger partial charge in [-0.05, 0) is 5.56 Å². The minimum absolute atomic E-state index is 0. The molecule has 0 aliphatic carbocycles. The van der Waals surface area contributed by atoms with E-state index in [1.807, 2.05) is 18.2 Å². The third kappa shape index (κ3) is 4.50. The van der Waals surface area contributed by atoms with Gasteiger partial charge in [-0.2, -0.15) is 0 Å². The number of hydrogen-bond acceptors (Lipinski definition) is 2. The maximum absolute atomic E-state index is 10.2. The summed E-state index contributed by atoms with van der Waals surface area (Å²) in [5.41, 5.74) is 0.829. The van der Waals surface area contributed by atoms with E-state index < -0.39 is 11.1 Å². The first-order valence-corrected chi connectivity index (χ1v) is 4.13. The minimum atomic E-state index is -1.97. The summed E-state index contributed by atoms with van der Waals surface area (Å²) < 4.78 is 20.3. The molecule has 0 radical (unpaired) electrons. The molecular formula is C7H7AgO2S. The van der Waals surface area contributed by atoms with E-state index >= 15 is 0 Å². The quantitative estimate of drug-likeness (QED) is 0.591. The number of benzene rings is 1. The van der Waals surface area contributed by atoms with Crippen molar-refractivity contribution in [2.75, 3.05) is 0 Å². The summed E-state index contributed by atoms with van der Waals surface area (Å²) in [6.45, 7) is 0. The van der Waals surface area contributed by atoms with Crippen molar-refractivity contribution in [1.29, 1.82) is 0 Å². The third-order valence-corrected chi connectivity index (χ3v) is 1.70. The molecule has 0 fully saturated rings. The van der Waals surface area contributed by atoms with Crippen LogP contribution in [0.2, 0.25) is 0 Å². The monoisotopic (exact) mass is 262 g/mol. The van der Waals surface area contributed by atoms with Crippen LogP contribution in [-0.2, 0) is 39.2 Å². The maximum atomic E-state index is 10.2. The molecule has 1 aromatic carbocycles. The molecule has 2 nitrogen and oxygen atoms in total. The van der Waals surface area contributed by atoms with Gasteiger partial charge in [0.25, 0.3) is 0 Å². The summed E-state index contributed by atoms with van der Waals surface area (Å²) in [4.78, 5) is 0. The molecule has 1 rings (SSSR count). The molecule has 1 atom stereocenters. The van der Waals surface area contributed by atoms with E-state index in [2.05, 4.69) is 0 Å². The zero-order valence-electron chi connectivity index (χ0n) is 5.62. The van der Waals surface area contributed by atoms with Gasteiger partial charge in [-0.1, -0.05) is 41.4 Å². The van der Waals surface area contributed by atoms with E-state index in [9.17, 15) is 8.76 Å². The summed E-state index contributed by atoms with van der Waals surface area (Å²) in [5, 5.41) is 0. The molecule has 1 unspecified atom stereocenters. The van der Waals surface area contributed by atoms with Gasteiger partial charge in [0.2, 0.25) is 0 Å². The van der Waals surface area contributed by atoms with Crippen molar-refractivity contribution in [3.05, 3.63) is 35.9 Å². The average Bonchev–Trinajstić information content (AvgIpc) is 1.88. The molecular weight excluding hydrogens is 256 g/mol. The smallest absolute Gasteiger partial charge is 0.772 e. The molecule has 0 bridgehead atoms. The predicted molar refractivity (Wildman–Crippen MR) is 39.1 cm³/mol. The van der Waals surface area contributed by atoms with Crippen LogP contribution >= 0.6 is 0 Å². The zero-order valence-corrected chi connectivity index (χ0v) is 7.92. The molecule has 0 heterocycles. The number of hydrogen-bond donors (Lipinski definition) is 0. The average molecular weight is 263 g/mol. The Hall–Kier alpha value is 0.0703. The van der Waals surface area contributed by atoms with E-state index in [1.165, 1.54) is 0 Å². The normalized spacial score (nSPS) is 11.7. The fourth-order valence-electron chi connectivity index (χ4n) is 0.710. The first-order valence-electron chi connectivity index (χ1n) is 2.89. The van der Waals surface area contributed by atoms with Gasteiger partial charge in [-0.15, -0.1) is 0 Å². The van der Waals surface area contributed by atoms with E-state index in [4.69, 9.17) is 0 Å². The summed E-state index contributed by atoms with van der Waals surface area (Å²) in [5.74, 6) is 0.112. The minimum Gasteiger partial charge on any atom is -0.772 e. The molecule has 64 valence electrons. The molecule has 0 saturated heterocycles. The van der Waals surface area contributed by atoms with Crippen LogP contribution in [0.5, 0.6) is 0 Å². The van der Waals surface area contributed by atoms with Crippen LogP contribution in [0.1, 0.15) is 5.56 Å². The second-order valence-electron chi connectivity index (χ2n) is 1.93. The van der Waals surface area contributed by atoms with E-state index in [-0.39, 0.29) is 28.1 Å².